The summed E-state index contributed by atoms with van der Waals surface area (Å²) < 4.78 is 5.97. The van der Waals surface area contributed by atoms with Crippen LogP contribution in [-0.2, 0) is 0 Å². The smallest absolute Gasteiger partial charge is 0.179 e. The van der Waals surface area contributed by atoms with Gasteiger partial charge in [0.2, 0.25) is 0 Å². The van der Waals surface area contributed by atoms with Crippen molar-refractivity contribution >= 4 is 11.5 Å². The van der Waals surface area contributed by atoms with E-state index in [0.717, 1.165) is 37.4 Å². The van der Waals surface area contributed by atoms with Crippen LogP contribution in [0.15, 0.2) is 18.2 Å². The van der Waals surface area contributed by atoms with E-state index in [9.17, 15) is 4.79 Å². The third kappa shape index (κ3) is 2.96. The molecule has 0 spiro atoms. The number of Topliss-reactive ketones (excluding diaryl/α,β-unsaturated/α-hetero) is 1. The van der Waals surface area contributed by atoms with E-state index in [1.54, 1.807) is 6.92 Å². The van der Waals surface area contributed by atoms with Gasteiger partial charge in [0.15, 0.2) is 5.78 Å². The Morgan fingerprint density at radius 3 is 2.85 bits per heavy atom. The number of nitrogens with zero attached hydrogens (tertiary/aromatic N) is 1. The van der Waals surface area contributed by atoms with Crippen LogP contribution < -0.4 is 15.4 Å². The summed E-state index contributed by atoms with van der Waals surface area (Å²) in [5.41, 5.74) is 7.37. The van der Waals surface area contributed by atoms with Crippen molar-refractivity contribution in [2.24, 2.45) is 5.73 Å². The molecule has 0 amide bonds. The maximum absolute atomic E-state index is 12.0. The number of carbonyl (C=O) groups excluding carboxylic acids is 1. The molecule has 110 valence electrons. The Morgan fingerprint density at radius 1 is 1.50 bits per heavy atom. The second-order valence-electron chi connectivity index (χ2n) is 5.43. The maximum Gasteiger partial charge on any atom is 0.179 e. The van der Waals surface area contributed by atoms with Crippen molar-refractivity contribution in [3.8, 4) is 5.75 Å². The van der Waals surface area contributed by atoms with Crippen molar-refractivity contribution in [2.75, 3.05) is 18.0 Å². The zero-order valence-electron chi connectivity index (χ0n) is 12.6. The van der Waals surface area contributed by atoms with E-state index in [1.807, 2.05) is 18.2 Å². The van der Waals surface area contributed by atoms with Gasteiger partial charge in [-0.15, -0.1) is 0 Å². The lowest BCUT2D eigenvalue weighted by Gasteiger charge is -2.36. The van der Waals surface area contributed by atoms with E-state index >= 15 is 0 Å². The molecule has 2 unspecified atom stereocenters. The van der Waals surface area contributed by atoms with Crippen LogP contribution >= 0.6 is 0 Å². The molecule has 2 rings (SSSR count). The number of hydrogen-bond acceptors (Lipinski definition) is 4. The van der Waals surface area contributed by atoms with Crippen molar-refractivity contribution < 1.29 is 9.53 Å². The minimum absolute atomic E-state index is 0.0261. The Kier molecular flexibility index (Phi) is 4.65. The third-order valence-corrected chi connectivity index (χ3v) is 3.66. The number of carbonyl (C=O) groups is 1. The number of benzene rings is 1. The fraction of sp³-hybridized carbons (Fsp3) is 0.562. The molecule has 2 atom stereocenters. The fourth-order valence-corrected chi connectivity index (χ4v) is 2.54. The highest BCUT2D eigenvalue weighted by atomic mass is 16.5. The molecular weight excluding hydrogens is 252 g/mol. The van der Waals surface area contributed by atoms with Gasteiger partial charge in [-0.3, -0.25) is 4.79 Å². The molecule has 0 fully saturated rings. The van der Waals surface area contributed by atoms with Crippen LogP contribution in [0.4, 0.5) is 5.69 Å². The topological polar surface area (TPSA) is 55.6 Å². The van der Waals surface area contributed by atoms with Crippen LogP contribution in [0, 0.1) is 0 Å². The monoisotopic (exact) mass is 276 g/mol. The summed E-state index contributed by atoms with van der Waals surface area (Å²) >= 11 is 0. The van der Waals surface area contributed by atoms with Crippen LogP contribution in [0.25, 0.3) is 0 Å². The summed E-state index contributed by atoms with van der Waals surface area (Å²) in [4.78, 5) is 14.3. The van der Waals surface area contributed by atoms with Crippen LogP contribution in [0.5, 0.6) is 5.75 Å². The molecule has 1 heterocycles. The van der Waals surface area contributed by atoms with E-state index in [0.29, 0.717) is 5.56 Å². The molecule has 1 aromatic carbocycles. The highest BCUT2D eigenvalue weighted by Crippen LogP contribution is 2.35. The van der Waals surface area contributed by atoms with Crippen molar-refractivity contribution in [3.05, 3.63) is 23.8 Å². The number of ketones is 1. The van der Waals surface area contributed by atoms with Gasteiger partial charge in [-0.1, -0.05) is 13.8 Å². The van der Waals surface area contributed by atoms with Crippen LogP contribution in [0.3, 0.4) is 0 Å². The molecule has 4 heteroatoms. The zero-order chi connectivity index (χ0) is 14.7. The van der Waals surface area contributed by atoms with E-state index < -0.39 is 6.04 Å². The van der Waals surface area contributed by atoms with E-state index in [1.165, 1.54) is 0 Å². The van der Waals surface area contributed by atoms with Gasteiger partial charge in [-0.2, -0.15) is 0 Å². The predicted molar refractivity (Wildman–Crippen MR) is 81.6 cm³/mol. The lowest BCUT2D eigenvalue weighted by Crippen LogP contribution is -2.40. The number of ether oxygens (including phenoxy) is 1. The van der Waals surface area contributed by atoms with Gasteiger partial charge >= 0.3 is 0 Å². The van der Waals surface area contributed by atoms with Gasteiger partial charge in [0.25, 0.3) is 0 Å². The first-order valence-corrected chi connectivity index (χ1v) is 7.42. The molecule has 1 aliphatic rings. The Labute approximate surface area is 120 Å². The standard InChI is InChI=1S/C16H24N2O2/c1-4-8-18-10-13(5-2)20-15-7-6-12(9-14(15)18)16(19)11(3)17/h6-7,9,11,13H,4-5,8,10,17H2,1-3H3. The van der Waals surface area contributed by atoms with E-state index in [4.69, 9.17) is 10.5 Å². The van der Waals surface area contributed by atoms with Gasteiger partial charge in [0, 0.05) is 12.1 Å². The Morgan fingerprint density at radius 2 is 2.25 bits per heavy atom. The van der Waals surface area contributed by atoms with Crippen molar-refractivity contribution in [1.82, 2.24) is 0 Å². The molecule has 0 aromatic heterocycles. The van der Waals surface area contributed by atoms with Crippen molar-refractivity contribution in [3.63, 3.8) is 0 Å². The summed E-state index contributed by atoms with van der Waals surface area (Å²) in [6.45, 7) is 7.87. The van der Waals surface area contributed by atoms with Crippen LogP contribution in [0.2, 0.25) is 0 Å². The quantitative estimate of drug-likeness (QED) is 0.840. The molecule has 2 N–H and O–H groups in total. The summed E-state index contributed by atoms with van der Waals surface area (Å²) in [7, 11) is 0. The average Bonchev–Trinajstić information content (AvgIpc) is 2.46. The summed E-state index contributed by atoms with van der Waals surface area (Å²) in [5.74, 6) is 0.847. The largest absolute Gasteiger partial charge is 0.486 e. The highest BCUT2D eigenvalue weighted by molar-refractivity contribution is 6.00. The van der Waals surface area contributed by atoms with Crippen molar-refractivity contribution in [2.45, 2.75) is 45.8 Å². The lowest BCUT2D eigenvalue weighted by molar-refractivity contribution is 0.0968. The molecule has 1 aliphatic heterocycles. The second kappa shape index (κ2) is 6.27. The molecule has 0 saturated heterocycles. The zero-order valence-corrected chi connectivity index (χ0v) is 12.6. The maximum atomic E-state index is 12.0. The molecule has 0 saturated carbocycles. The first-order chi connectivity index (χ1) is 9.56. The van der Waals surface area contributed by atoms with Crippen LogP contribution in [-0.4, -0.2) is 31.0 Å². The Hall–Kier alpha value is -1.55. The SMILES string of the molecule is CCCN1CC(CC)Oc2ccc(C(=O)C(C)N)cc21. The van der Waals surface area contributed by atoms with Crippen LogP contribution in [0.1, 0.15) is 44.0 Å². The lowest BCUT2D eigenvalue weighted by atomic mass is 10.0. The molecule has 1 aromatic rings. The van der Waals surface area contributed by atoms with Gasteiger partial charge in [0.1, 0.15) is 11.9 Å². The van der Waals surface area contributed by atoms with Crippen molar-refractivity contribution in [1.29, 1.82) is 0 Å². The molecule has 4 nitrogen and oxygen atoms in total. The van der Waals surface area contributed by atoms with Gasteiger partial charge < -0.3 is 15.4 Å². The molecule has 0 radical (unpaired) electrons. The normalized spacial score (nSPS) is 19.2. The Balaban J connectivity index is 2.35. The van der Waals surface area contributed by atoms with E-state index in [2.05, 4.69) is 18.7 Å². The number of fused-ring (bicyclic) bond motifs is 1. The highest BCUT2D eigenvalue weighted by Gasteiger charge is 2.25. The number of hydrogen-bond donors (Lipinski definition) is 1. The first-order valence-electron chi connectivity index (χ1n) is 7.42. The second-order valence-corrected chi connectivity index (χ2v) is 5.43. The van der Waals surface area contributed by atoms with E-state index in [-0.39, 0.29) is 11.9 Å². The average molecular weight is 276 g/mol. The molecule has 0 aliphatic carbocycles. The van der Waals surface area contributed by atoms with Gasteiger partial charge in [-0.05, 0) is 38.0 Å². The van der Waals surface area contributed by atoms with Gasteiger partial charge in [-0.25, -0.2) is 0 Å². The van der Waals surface area contributed by atoms with Gasteiger partial charge in [0.05, 0.1) is 18.3 Å². The fourth-order valence-electron chi connectivity index (χ4n) is 2.54. The molecule has 20 heavy (non-hydrogen) atoms. The Bertz CT molecular complexity index is 485. The minimum atomic E-state index is -0.472. The molecule has 0 bridgehead atoms. The summed E-state index contributed by atoms with van der Waals surface area (Å²) in [6, 6.07) is 5.16. The summed E-state index contributed by atoms with van der Waals surface area (Å²) in [6.07, 6.45) is 2.28. The number of nitrogens with two attached hydrogens (primary N) is 1. The summed E-state index contributed by atoms with van der Waals surface area (Å²) in [5, 5.41) is 0. The minimum Gasteiger partial charge on any atom is -0.486 e. The third-order valence-electron chi connectivity index (χ3n) is 3.66. The first kappa shape index (κ1) is 14.9. The predicted octanol–water partition coefficient (Wildman–Crippen LogP) is 2.60. The molecular formula is C16H24N2O2. The number of rotatable bonds is 5. The number of anilines is 1.